The summed E-state index contributed by atoms with van der Waals surface area (Å²) in [5, 5.41) is 31.5. The van der Waals surface area contributed by atoms with E-state index in [0.717, 1.165) is 33.7 Å². The van der Waals surface area contributed by atoms with E-state index in [1.807, 2.05) is 48.5 Å². The molecular formula is C40H28N4O8. The smallest absolute Gasteiger partial charge is 0.336 e. The maximum absolute atomic E-state index is 12.5. The lowest BCUT2D eigenvalue weighted by Gasteiger charge is -2.06. The number of rotatable bonds is 10. The monoisotopic (exact) mass is 692 g/mol. The van der Waals surface area contributed by atoms with Crippen molar-refractivity contribution in [2.75, 3.05) is 0 Å². The van der Waals surface area contributed by atoms with Crippen LogP contribution in [-0.2, 0) is 9.59 Å². The number of benzene rings is 6. The fraction of sp³-hybridized carbons (Fsp3) is 0. The van der Waals surface area contributed by atoms with Crippen LogP contribution in [-0.4, -0.2) is 46.4 Å². The maximum atomic E-state index is 12.5. The van der Waals surface area contributed by atoms with E-state index in [2.05, 4.69) is 21.1 Å². The summed E-state index contributed by atoms with van der Waals surface area (Å²) in [5.41, 5.74) is 6.09. The number of nitrogens with zero attached hydrogens (tertiary/aromatic N) is 2. The van der Waals surface area contributed by atoms with E-state index < -0.39 is 23.8 Å². The van der Waals surface area contributed by atoms with Crippen LogP contribution >= 0.6 is 0 Å². The molecule has 0 heterocycles. The van der Waals surface area contributed by atoms with Gasteiger partial charge in [0.1, 0.15) is 23.0 Å². The first kappa shape index (κ1) is 34.3. The normalized spacial score (nSPS) is 11.3. The van der Waals surface area contributed by atoms with Gasteiger partial charge in [0, 0.05) is 12.2 Å². The molecule has 0 saturated carbocycles. The summed E-state index contributed by atoms with van der Waals surface area (Å²) >= 11 is 0. The average molecular weight is 693 g/mol. The van der Waals surface area contributed by atoms with Crippen molar-refractivity contribution in [1.82, 2.24) is 10.9 Å². The molecule has 0 aliphatic heterocycles. The molecule has 0 radical (unpaired) electrons. The number of hydrogen-bond acceptors (Lipinski definition) is 10. The van der Waals surface area contributed by atoms with Crippen molar-refractivity contribution in [3.63, 3.8) is 0 Å². The number of nitrogens with one attached hydrogen (secondary N) is 2. The minimum atomic E-state index is -0.813. The second-order valence-corrected chi connectivity index (χ2v) is 11.1. The molecule has 0 aliphatic carbocycles. The molecule has 0 atom stereocenters. The second kappa shape index (κ2) is 15.7. The van der Waals surface area contributed by atoms with Gasteiger partial charge < -0.3 is 19.7 Å². The molecule has 0 aliphatic rings. The Hall–Kier alpha value is -7.60. The van der Waals surface area contributed by atoms with E-state index >= 15 is 0 Å². The Morgan fingerprint density at radius 3 is 1.21 bits per heavy atom. The topological polar surface area (TPSA) is 176 Å². The van der Waals surface area contributed by atoms with Gasteiger partial charge >= 0.3 is 11.9 Å². The number of carbonyl (C=O) groups excluding carboxylic acids is 4. The van der Waals surface area contributed by atoms with Gasteiger partial charge in [-0.2, -0.15) is 10.2 Å². The number of ether oxygens (including phenoxy) is 2. The zero-order chi connectivity index (χ0) is 36.5. The van der Waals surface area contributed by atoms with E-state index in [9.17, 15) is 29.4 Å². The third-order valence-electron chi connectivity index (χ3n) is 7.53. The molecule has 0 bridgehead atoms. The van der Waals surface area contributed by atoms with Crippen molar-refractivity contribution < 1.29 is 38.9 Å². The summed E-state index contributed by atoms with van der Waals surface area (Å²) in [6.45, 7) is 0. The van der Waals surface area contributed by atoms with Crippen LogP contribution in [0.1, 0.15) is 31.8 Å². The number of hydrazone groups is 2. The van der Waals surface area contributed by atoms with E-state index in [0.29, 0.717) is 11.1 Å². The average Bonchev–Trinajstić information content (AvgIpc) is 3.14. The zero-order valence-electron chi connectivity index (χ0n) is 27.1. The molecule has 6 aromatic carbocycles. The summed E-state index contributed by atoms with van der Waals surface area (Å²) in [7, 11) is 0. The van der Waals surface area contributed by atoms with Gasteiger partial charge in [-0.1, -0.05) is 48.5 Å². The van der Waals surface area contributed by atoms with Crippen LogP contribution in [0, 0.1) is 0 Å². The van der Waals surface area contributed by atoms with Crippen molar-refractivity contribution in [2.24, 2.45) is 10.2 Å². The van der Waals surface area contributed by atoms with Gasteiger partial charge in [0.25, 0.3) is 11.8 Å². The van der Waals surface area contributed by atoms with Crippen LogP contribution in [0.2, 0.25) is 0 Å². The van der Waals surface area contributed by atoms with Crippen LogP contribution in [0.5, 0.6) is 23.0 Å². The number of carbonyl (C=O) groups is 4. The molecule has 256 valence electrons. The van der Waals surface area contributed by atoms with Gasteiger partial charge in [-0.3, -0.25) is 9.59 Å². The van der Waals surface area contributed by atoms with E-state index in [-0.39, 0.29) is 34.1 Å². The van der Waals surface area contributed by atoms with Crippen molar-refractivity contribution in [1.29, 1.82) is 0 Å². The zero-order valence-corrected chi connectivity index (χ0v) is 27.1. The molecule has 0 aromatic heterocycles. The summed E-state index contributed by atoms with van der Waals surface area (Å²) in [6, 6.07) is 33.3. The Labute approximate surface area is 295 Å². The largest absolute Gasteiger partial charge is 0.507 e. The Morgan fingerprint density at radius 1 is 0.500 bits per heavy atom. The molecule has 12 heteroatoms. The molecular weight excluding hydrogens is 664 g/mol. The van der Waals surface area contributed by atoms with Crippen LogP contribution < -0.4 is 20.3 Å². The lowest BCUT2D eigenvalue weighted by Crippen LogP contribution is -2.17. The van der Waals surface area contributed by atoms with Crippen LogP contribution in [0.3, 0.4) is 0 Å². The minimum absolute atomic E-state index is 0.0823. The number of phenolic OH excluding ortho intramolecular Hbond substituents is 2. The molecule has 4 N–H and O–H groups in total. The Morgan fingerprint density at radius 2 is 0.846 bits per heavy atom. The molecule has 52 heavy (non-hydrogen) atoms. The first-order chi connectivity index (χ1) is 25.2. The lowest BCUT2D eigenvalue weighted by molar-refractivity contribution is -0.131. The third kappa shape index (κ3) is 8.70. The van der Waals surface area contributed by atoms with E-state index in [4.69, 9.17) is 9.47 Å². The van der Waals surface area contributed by atoms with Gasteiger partial charge in [-0.05, 0) is 105 Å². The highest BCUT2D eigenvalue weighted by Gasteiger charge is 2.13. The van der Waals surface area contributed by atoms with E-state index in [1.165, 1.54) is 48.8 Å². The number of phenols is 2. The van der Waals surface area contributed by atoms with Crippen molar-refractivity contribution in [3.05, 3.63) is 156 Å². The molecule has 0 fully saturated rings. The molecule has 6 aromatic rings. The summed E-state index contributed by atoms with van der Waals surface area (Å²) in [5.74, 6) is -2.72. The highest BCUT2D eigenvalue weighted by molar-refractivity contribution is 6.03. The number of esters is 2. The van der Waals surface area contributed by atoms with Gasteiger partial charge in [0.2, 0.25) is 0 Å². The highest BCUT2D eigenvalue weighted by Crippen LogP contribution is 2.26. The predicted octanol–water partition coefficient (Wildman–Crippen LogP) is 6.00. The Kier molecular flexibility index (Phi) is 10.4. The van der Waals surface area contributed by atoms with Gasteiger partial charge in [0.15, 0.2) is 0 Å². The Balaban J connectivity index is 0.938. The molecule has 6 rings (SSSR count). The van der Waals surface area contributed by atoms with Gasteiger partial charge in [-0.15, -0.1) is 0 Å². The lowest BCUT2D eigenvalue weighted by atomic mass is 10.1. The summed E-state index contributed by atoms with van der Waals surface area (Å²) in [4.78, 5) is 49.5. The van der Waals surface area contributed by atoms with Crippen molar-refractivity contribution >= 4 is 57.7 Å². The third-order valence-corrected chi connectivity index (χ3v) is 7.53. The molecule has 0 saturated heterocycles. The highest BCUT2D eigenvalue weighted by atomic mass is 16.5. The molecule has 12 nitrogen and oxygen atoms in total. The summed E-state index contributed by atoms with van der Waals surface area (Å²) in [6.07, 6.45) is 4.61. The first-order valence-corrected chi connectivity index (χ1v) is 15.6. The van der Waals surface area contributed by atoms with Gasteiger partial charge in [-0.25, -0.2) is 20.4 Å². The van der Waals surface area contributed by atoms with E-state index in [1.54, 1.807) is 36.4 Å². The number of hydrogen-bond donors (Lipinski definition) is 4. The Bertz CT molecular complexity index is 2230. The quantitative estimate of drug-likeness (QED) is 0.0444. The fourth-order valence-electron chi connectivity index (χ4n) is 4.95. The molecule has 0 unspecified atom stereocenters. The minimum Gasteiger partial charge on any atom is -0.507 e. The molecule has 2 amide bonds. The fourth-order valence-corrected chi connectivity index (χ4v) is 4.95. The van der Waals surface area contributed by atoms with Crippen molar-refractivity contribution in [2.45, 2.75) is 0 Å². The number of fused-ring (bicyclic) bond motifs is 2. The molecule has 0 spiro atoms. The maximum Gasteiger partial charge on any atom is 0.336 e. The van der Waals surface area contributed by atoms with Gasteiger partial charge in [0.05, 0.1) is 23.6 Å². The number of aromatic hydroxyl groups is 2. The first-order valence-electron chi connectivity index (χ1n) is 15.6. The van der Waals surface area contributed by atoms with Crippen LogP contribution in [0.4, 0.5) is 0 Å². The predicted molar refractivity (Wildman–Crippen MR) is 195 cm³/mol. The SMILES string of the molecule is O=C(/C=C/C(=O)Oc1ccc(/C=N/NC(=O)c2cc3ccccc3cc2O)cc1)Oc1ccc(/C=N/NC(=O)c2cc3ccccc3cc2O)cc1. The number of amides is 2. The second-order valence-electron chi connectivity index (χ2n) is 11.1. The standard InChI is InChI=1S/C40H28N4O8/c45-35-21-29-7-3-1-5-27(29)19-33(35)39(49)43-41-23-25-9-13-31(14-10-25)51-37(47)17-18-38(48)52-32-15-11-26(12-16-32)24-42-44-40(50)34-20-28-6-2-4-8-30(28)22-36(34)46/h1-24,45-46H,(H,43,49)(H,44,50)/b18-17+,41-23+,42-24+. The van der Waals surface area contributed by atoms with Crippen LogP contribution in [0.15, 0.2) is 144 Å². The van der Waals surface area contributed by atoms with Crippen LogP contribution in [0.25, 0.3) is 21.5 Å². The summed E-state index contributed by atoms with van der Waals surface area (Å²) < 4.78 is 10.4. The van der Waals surface area contributed by atoms with Crippen molar-refractivity contribution in [3.8, 4) is 23.0 Å².